The molecule has 36 valence electrons. The van der Waals surface area contributed by atoms with Crippen LogP contribution in [0.1, 0.15) is 0 Å². The molecule has 0 aromatic carbocycles. The van der Waals surface area contributed by atoms with Crippen LogP contribution in [0.25, 0.3) is 0 Å². The van der Waals surface area contributed by atoms with Crippen LogP contribution in [0.15, 0.2) is 0 Å². The molecule has 0 bridgehead atoms. The topological polar surface area (TPSA) is 15.3 Å². The predicted molar refractivity (Wildman–Crippen MR) is 25.5 cm³/mol. The van der Waals surface area contributed by atoms with E-state index in [2.05, 4.69) is 17.3 Å². The Balaban J connectivity index is 0.000000360. The van der Waals surface area contributed by atoms with Crippen molar-refractivity contribution in [3.8, 4) is 0 Å². The summed E-state index contributed by atoms with van der Waals surface area (Å²) in [6, 6.07) is 0. The van der Waals surface area contributed by atoms with Gasteiger partial charge in [0, 0.05) is 19.8 Å². The summed E-state index contributed by atoms with van der Waals surface area (Å²) in [6.45, 7) is 3.44. The van der Waals surface area contributed by atoms with E-state index in [4.69, 9.17) is 0 Å². The second kappa shape index (κ2) is 3.51. The molecule has 1 saturated heterocycles. The molecule has 0 radical (unpaired) electrons. The Morgan fingerprint density at radius 2 is 2.29 bits per heavy atom. The van der Waals surface area contributed by atoms with Crippen molar-refractivity contribution in [1.82, 2.24) is 10.2 Å². The molecule has 2 nitrogen and oxygen atoms in total. The standard InChI is InChI=1S/C4H10N2.Li/c1-6-3-2-5-4-6;/h5H,2-4H2,1H3;/q;+1. The van der Waals surface area contributed by atoms with Crippen molar-refractivity contribution in [2.45, 2.75) is 0 Å². The maximum absolute atomic E-state index is 3.20. The van der Waals surface area contributed by atoms with Gasteiger partial charge in [-0.3, -0.25) is 4.90 Å². The zero-order chi connectivity index (χ0) is 4.41. The van der Waals surface area contributed by atoms with Gasteiger partial charge in [0.15, 0.2) is 0 Å². The molecule has 1 heterocycles. The summed E-state index contributed by atoms with van der Waals surface area (Å²) in [5, 5.41) is 3.20. The smallest absolute Gasteiger partial charge is 0.303 e. The molecule has 0 aliphatic carbocycles. The molecule has 1 aliphatic heterocycles. The Kier molecular flexibility index (Phi) is 3.77. The number of likely N-dealkylation sites (N-methyl/N-ethyl adjacent to an activating group) is 1. The molecule has 3 heteroatoms. The molecular weight excluding hydrogens is 83.0 g/mol. The molecule has 0 saturated carbocycles. The van der Waals surface area contributed by atoms with Gasteiger partial charge < -0.3 is 5.32 Å². The Morgan fingerprint density at radius 1 is 1.57 bits per heavy atom. The first-order chi connectivity index (χ1) is 2.89. The Hall–Kier alpha value is 0.517. The first kappa shape index (κ1) is 7.52. The average molecular weight is 93.1 g/mol. The number of rotatable bonds is 0. The van der Waals surface area contributed by atoms with Crippen molar-refractivity contribution < 1.29 is 18.9 Å². The van der Waals surface area contributed by atoms with E-state index in [9.17, 15) is 0 Å². The van der Waals surface area contributed by atoms with E-state index >= 15 is 0 Å². The zero-order valence-electron chi connectivity index (χ0n) is 5.07. The maximum Gasteiger partial charge on any atom is 1.00 e. The fourth-order valence-corrected chi connectivity index (χ4v) is 0.619. The Labute approximate surface area is 56.4 Å². The molecule has 0 unspecified atom stereocenters. The van der Waals surface area contributed by atoms with Gasteiger partial charge in [-0.2, -0.15) is 0 Å². The first-order valence-corrected chi connectivity index (χ1v) is 2.29. The van der Waals surface area contributed by atoms with Gasteiger partial charge in [0.25, 0.3) is 0 Å². The third-order valence-corrected chi connectivity index (χ3v) is 1.05. The minimum atomic E-state index is 0. The summed E-state index contributed by atoms with van der Waals surface area (Å²) in [7, 11) is 2.11. The molecule has 0 aromatic heterocycles. The van der Waals surface area contributed by atoms with Crippen molar-refractivity contribution in [3.05, 3.63) is 0 Å². The Bertz CT molecular complexity index is 43.0. The molecule has 1 N–H and O–H groups in total. The van der Waals surface area contributed by atoms with Gasteiger partial charge in [-0.1, -0.05) is 0 Å². The van der Waals surface area contributed by atoms with Gasteiger partial charge in [0.1, 0.15) is 0 Å². The average Bonchev–Trinajstić information content (AvgIpc) is 1.86. The molecule has 7 heavy (non-hydrogen) atoms. The number of hydrogen-bond donors (Lipinski definition) is 1. The molecule has 1 rings (SSSR count). The van der Waals surface area contributed by atoms with E-state index in [1.165, 1.54) is 6.54 Å². The van der Waals surface area contributed by atoms with Crippen molar-refractivity contribution >= 4 is 0 Å². The van der Waals surface area contributed by atoms with Crippen LogP contribution in [-0.2, 0) is 0 Å². The molecule has 0 amide bonds. The second-order valence-corrected chi connectivity index (χ2v) is 1.74. The third kappa shape index (κ3) is 2.35. The summed E-state index contributed by atoms with van der Waals surface area (Å²) in [5.41, 5.74) is 0. The molecule has 0 atom stereocenters. The van der Waals surface area contributed by atoms with Gasteiger partial charge in [0.05, 0.1) is 0 Å². The number of nitrogens with one attached hydrogen (secondary N) is 1. The van der Waals surface area contributed by atoms with Crippen LogP contribution < -0.4 is 24.2 Å². The van der Waals surface area contributed by atoms with Crippen molar-refractivity contribution in [3.63, 3.8) is 0 Å². The molecule has 0 aromatic rings. The number of hydrogen-bond acceptors (Lipinski definition) is 2. The van der Waals surface area contributed by atoms with Crippen LogP contribution in [-0.4, -0.2) is 31.7 Å². The largest absolute Gasteiger partial charge is 1.00 e. The molecule has 0 spiro atoms. The fraction of sp³-hybridized carbons (Fsp3) is 1.00. The van der Waals surface area contributed by atoms with Crippen LogP contribution in [0.4, 0.5) is 0 Å². The van der Waals surface area contributed by atoms with Gasteiger partial charge in [-0.25, -0.2) is 0 Å². The van der Waals surface area contributed by atoms with Crippen LogP contribution in [0.3, 0.4) is 0 Å². The summed E-state index contributed by atoms with van der Waals surface area (Å²) in [6.07, 6.45) is 0. The summed E-state index contributed by atoms with van der Waals surface area (Å²) >= 11 is 0. The van der Waals surface area contributed by atoms with Crippen molar-refractivity contribution in [2.24, 2.45) is 0 Å². The van der Waals surface area contributed by atoms with Crippen LogP contribution >= 0.6 is 0 Å². The normalized spacial score (nSPS) is 21.9. The quantitative estimate of drug-likeness (QED) is 0.312. The molecule has 1 fully saturated rings. The SMILES string of the molecule is CN1CCNC1.[Li+]. The van der Waals surface area contributed by atoms with Gasteiger partial charge >= 0.3 is 18.9 Å². The minimum absolute atomic E-state index is 0. The van der Waals surface area contributed by atoms with Crippen LogP contribution in [0.5, 0.6) is 0 Å². The van der Waals surface area contributed by atoms with Gasteiger partial charge in [0.2, 0.25) is 0 Å². The van der Waals surface area contributed by atoms with E-state index in [0.29, 0.717) is 0 Å². The molecular formula is C4H10LiN2+. The van der Waals surface area contributed by atoms with Gasteiger partial charge in [-0.05, 0) is 7.05 Å². The fourth-order valence-electron chi connectivity index (χ4n) is 0.619. The predicted octanol–water partition coefficient (Wildman–Crippen LogP) is -3.52. The van der Waals surface area contributed by atoms with E-state index in [0.717, 1.165) is 13.2 Å². The van der Waals surface area contributed by atoms with E-state index < -0.39 is 0 Å². The number of nitrogens with zero attached hydrogens (tertiary/aromatic N) is 1. The Morgan fingerprint density at radius 3 is 2.43 bits per heavy atom. The van der Waals surface area contributed by atoms with Crippen molar-refractivity contribution in [2.75, 3.05) is 26.8 Å². The zero-order valence-corrected chi connectivity index (χ0v) is 5.07. The maximum atomic E-state index is 3.20. The first-order valence-electron chi connectivity index (χ1n) is 2.29. The summed E-state index contributed by atoms with van der Waals surface area (Å²) in [5.74, 6) is 0. The van der Waals surface area contributed by atoms with Crippen LogP contribution in [0, 0.1) is 0 Å². The molecule has 1 aliphatic rings. The van der Waals surface area contributed by atoms with E-state index in [1.807, 2.05) is 0 Å². The summed E-state index contributed by atoms with van der Waals surface area (Å²) in [4.78, 5) is 2.25. The minimum Gasteiger partial charge on any atom is -0.303 e. The van der Waals surface area contributed by atoms with Crippen LogP contribution in [0.2, 0.25) is 0 Å². The van der Waals surface area contributed by atoms with Gasteiger partial charge in [-0.15, -0.1) is 0 Å². The van der Waals surface area contributed by atoms with E-state index in [1.54, 1.807) is 0 Å². The third-order valence-electron chi connectivity index (χ3n) is 1.05. The summed E-state index contributed by atoms with van der Waals surface area (Å²) < 4.78 is 0. The second-order valence-electron chi connectivity index (χ2n) is 1.74. The monoisotopic (exact) mass is 93.1 g/mol. The van der Waals surface area contributed by atoms with E-state index in [-0.39, 0.29) is 18.9 Å². The van der Waals surface area contributed by atoms with Crippen molar-refractivity contribution in [1.29, 1.82) is 0 Å².